The Bertz CT molecular complexity index is 398. The molecule has 0 aromatic heterocycles. The van der Waals surface area contributed by atoms with Gasteiger partial charge in [0, 0.05) is 6.08 Å². The van der Waals surface area contributed by atoms with Gasteiger partial charge in [-0.25, -0.2) is 4.79 Å². The predicted octanol–water partition coefficient (Wildman–Crippen LogP) is 0.926. The number of carboxylic acids is 1. The van der Waals surface area contributed by atoms with Gasteiger partial charge in [0.1, 0.15) is 13.2 Å². The standard InChI is InChI=1S/C13H16O6/c1-2-11(14)18-7-8-19-13(17)10-6-4-3-5-9(10)12(15)16/h2-4,9-10H,1,5-8H2,(H,15,16). The summed E-state index contributed by atoms with van der Waals surface area (Å²) >= 11 is 0. The molecular weight excluding hydrogens is 252 g/mol. The monoisotopic (exact) mass is 268 g/mol. The van der Waals surface area contributed by atoms with Crippen molar-refractivity contribution in [2.45, 2.75) is 12.8 Å². The van der Waals surface area contributed by atoms with Crippen molar-refractivity contribution in [1.82, 2.24) is 0 Å². The van der Waals surface area contributed by atoms with E-state index in [1.54, 1.807) is 12.2 Å². The second-order valence-corrected chi connectivity index (χ2v) is 4.03. The minimum Gasteiger partial charge on any atom is -0.481 e. The van der Waals surface area contributed by atoms with Gasteiger partial charge in [-0.2, -0.15) is 0 Å². The second kappa shape index (κ2) is 7.35. The van der Waals surface area contributed by atoms with Crippen molar-refractivity contribution in [3.8, 4) is 0 Å². The summed E-state index contributed by atoms with van der Waals surface area (Å²) in [4.78, 5) is 33.5. The molecule has 0 aromatic carbocycles. The minimum atomic E-state index is -1.01. The Kier molecular flexibility index (Phi) is 5.78. The Morgan fingerprint density at radius 1 is 1.16 bits per heavy atom. The summed E-state index contributed by atoms with van der Waals surface area (Å²) in [6.07, 6.45) is 5.19. The maximum absolute atomic E-state index is 11.7. The lowest BCUT2D eigenvalue weighted by atomic mass is 9.83. The third-order valence-corrected chi connectivity index (χ3v) is 2.79. The molecule has 0 fully saturated rings. The first kappa shape index (κ1) is 14.9. The van der Waals surface area contributed by atoms with Gasteiger partial charge in [0.25, 0.3) is 0 Å². The molecule has 0 aromatic rings. The SMILES string of the molecule is C=CC(=O)OCCOC(=O)C1CC=CCC1C(=O)O. The van der Waals surface area contributed by atoms with Gasteiger partial charge in [-0.3, -0.25) is 9.59 Å². The fourth-order valence-corrected chi connectivity index (χ4v) is 1.80. The van der Waals surface area contributed by atoms with E-state index in [9.17, 15) is 14.4 Å². The molecule has 19 heavy (non-hydrogen) atoms. The van der Waals surface area contributed by atoms with Crippen LogP contribution in [0.3, 0.4) is 0 Å². The third kappa shape index (κ3) is 4.57. The molecule has 6 heteroatoms. The van der Waals surface area contributed by atoms with Crippen LogP contribution in [0, 0.1) is 11.8 Å². The van der Waals surface area contributed by atoms with E-state index in [4.69, 9.17) is 9.84 Å². The number of esters is 2. The highest BCUT2D eigenvalue weighted by atomic mass is 16.6. The highest BCUT2D eigenvalue weighted by Gasteiger charge is 2.34. The Morgan fingerprint density at radius 2 is 1.74 bits per heavy atom. The number of carbonyl (C=O) groups excluding carboxylic acids is 2. The van der Waals surface area contributed by atoms with E-state index < -0.39 is 29.7 Å². The fourth-order valence-electron chi connectivity index (χ4n) is 1.80. The van der Waals surface area contributed by atoms with Gasteiger partial charge >= 0.3 is 17.9 Å². The van der Waals surface area contributed by atoms with Gasteiger partial charge in [-0.15, -0.1) is 0 Å². The lowest BCUT2D eigenvalue weighted by molar-refractivity contribution is -0.160. The number of aliphatic carboxylic acids is 1. The lowest BCUT2D eigenvalue weighted by Gasteiger charge is -2.23. The van der Waals surface area contributed by atoms with Crippen molar-refractivity contribution < 1.29 is 29.0 Å². The van der Waals surface area contributed by atoms with Crippen LogP contribution in [-0.2, 0) is 23.9 Å². The summed E-state index contributed by atoms with van der Waals surface area (Å²) in [7, 11) is 0. The van der Waals surface area contributed by atoms with Crippen molar-refractivity contribution in [2.75, 3.05) is 13.2 Å². The summed E-state index contributed by atoms with van der Waals surface area (Å²) in [6.45, 7) is 3.06. The summed E-state index contributed by atoms with van der Waals surface area (Å²) < 4.78 is 9.55. The zero-order chi connectivity index (χ0) is 14.3. The molecule has 0 spiro atoms. The van der Waals surface area contributed by atoms with Crippen LogP contribution < -0.4 is 0 Å². The first-order chi connectivity index (χ1) is 9.06. The van der Waals surface area contributed by atoms with E-state index in [-0.39, 0.29) is 13.2 Å². The van der Waals surface area contributed by atoms with Crippen molar-refractivity contribution in [2.24, 2.45) is 11.8 Å². The van der Waals surface area contributed by atoms with Crippen molar-refractivity contribution in [3.63, 3.8) is 0 Å². The number of ether oxygens (including phenoxy) is 2. The molecule has 0 radical (unpaired) electrons. The number of allylic oxidation sites excluding steroid dienone is 2. The molecule has 0 heterocycles. The van der Waals surface area contributed by atoms with Crippen LogP contribution in [-0.4, -0.2) is 36.2 Å². The van der Waals surface area contributed by atoms with E-state index in [2.05, 4.69) is 11.3 Å². The number of rotatable bonds is 6. The summed E-state index contributed by atoms with van der Waals surface area (Å²) in [5.74, 6) is -3.62. The van der Waals surface area contributed by atoms with Gasteiger partial charge in [0.2, 0.25) is 0 Å². The van der Waals surface area contributed by atoms with Gasteiger partial charge in [-0.1, -0.05) is 18.7 Å². The molecule has 0 aliphatic heterocycles. The number of hydrogen-bond acceptors (Lipinski definition) is 5. The molecule has 6 nitrogen and oxygen atoms in total. The van der Waals surface area contributed by atoms with Gasteiger partial charge in [-0.05, 0) is 12.8 Å². The largest absolute Gasteiger partial charge is 0.481 e. The van der Waals surface area contributed by atoms with E-state index in [0.29, 0.717) is 12.8 Å². The first-order valence-corrected chi connectivity index (χ1v) is 5.90. The number of hydrogen-bond donors (Lipinski definition) is 1. The highest BCUT2D eigenvalue weighted by molar-refractivity contribution is 5.82. The van der Waals surface area contributed by atoms with Crippen LogP contribution in [0.4, 0.5) is 0 Å². The Labute approximate surface area is 110 Å². The summed E-state index contributed by atoms with van der Waals surface area (Å²) in [5.41, 5.74) is 0. The number of carbonyl (C=O) groups is 3. The molecular formula is C13H16O6. The molecule has 104 valence electrons. The summed E-state index contributed by atoms with van der Waals surface area (Å²) in [6, 6.07) is 0. The van der Waals surface area contributed by atoms with E-state index >= 15 is 0 Å². The molecule has 0 bridgehead atoms. The zero-order valence-electron chi connectivity index (χ0n) is 10.4. The first-order valence-electron chi connectivity index (χ1n) is 5.90. The van der Waals surface area contributed by atoms with Crippen LogP contribution in [0.25, 0.3) is 0 Å². The van der Waals surface area contributed by atoms with E-state index in [0.717, 1.165) is 6.08 Å². The topological polar surface area (TPSA) is 89.9 Å². The molecule has 2 unspecified atom stereocenters. The van der Waals surface area contributed by atoms with Gasteiger partial charge in [0.05, 0.1) is 11.8 Å². The maximum atomic E-state index is 11.7. The molecule has 1 aliphatic rings. The molecule has 1 rings (SSSR count). The number of carboxylic acid groups (broad SMARTS) is 1. The molecule has 0 saturated heterocycles. The third-order valence-electron chi connectivity index (χ3n) is 2.79. The summed E-state index contributed by atoms with van der Waals surface area (Å²) in [5, 5.41) is 9.01. The average molecular weight is 268 g/mol. The van der Waals surface area contributed by atoms with Gasteiger partial charge in [0.15, 0.2) is 0 Å². The quantitative estimate of drug-likeness (QED) is 0.333. The molecule has 1 aliphatic carbocycles. The van der Waals surface area contributed by atoms with Crippen LogP contribution in [0.2, 0.25) is 0 Å². The maximum Gasteiger partial charge on any atom is 0.330 e. The van der Waals surface area contributed by atoms with Crippen molar-refractivity contribution in [1.29, 1.82) is 0 Å². The Morgan fingerprint density at radius 3 is 2.32 bits per heavy atom. The Balaban J connectivity index is 2.39. The van der Waals surface area contributed by atoms with Crippen LogP contribution >= 0.6 is 0 Å². The van der Waals surface area contributed by atoms with Gasteiger partial charge < -0.3 is 14.6 Å². The molecule has 2 atom stereocenters. The molecule has 0 amide bonds. The van der Waals surface area contributed by atoms with E-state index in [1.165, 1.54) is 0 Å². The average Bonchev–Trinajstić information content (AvgIpc) is 2.42. The van der Waals surface area contributed by atoms with Crippen LogP contribution in [0.1, 0.15) is 12.8 Å². The predicted molar refractivity (Wildman–Crippen MR) is 65.1 cm³/mol. The zero-order valence-corrected chi connectivity index (χ0v) is 10.4. The fraction of sp³-hybridized carbons (Fsp3) is 0.462. The van der Waals surface area contributed by atoms with Crippen molar-refractivity contribution >= 4 is 17.9 Å². The van der Waals surface area contributed by atoms with E-state index in [1.807, 2.05) is 0 Å². The smallest absolute Gasteiger partial charge is 0.330 e. The lowest BCUT2D eigenvalue weighted by Crippen LogP contribution is -2.33. The Hall–Kier alpha value is -2.11. The normalized spacial score (nSPS) is 21.5. The second-order valence-electron chi connectivity index (χ2n) is 4.03. The molecule has 1 N–H and O–H groups in total. The van der Waals surface area contributed by atoms with Crippen molar-refractivity contribution in [3.05, 3.63) is 24.8 Å². The highest BCUT2D eigenvalue weighted by Crippen LogP contribution is 2.26. The van der Waals surface area contributed by atoms with Crippen LogP contribution in [0.15, 0.2) is 24.8 Å². The minimum absolute atomic E-state index is 0.0725. The van der Waals surface area contributed by atoms with Crippen LogP contribution in [0.5, 0.6) is 0 Å². The molecule has 0 saturated carbocycles.